The average Bonchev–Trinajstić information content (AvgIpc) is 3.21. The Hall–Kier alpha value is -3.94. The number of ether oxygens (including phenoxy) is 1. The number of benzene rings is 2. The largest absolute Gasteiger partial charge is 0.511 e. The summed E-state index contributed by atoms with van der Waals surface area (Å²) < 4.78 is 5.52. The van der Waals surface area contributed by atoms with E-state index in [0.29, 0.717) is 37.0 Å². The third-order valence-corrected chi connectivity index (χ3v) is 7.63. The number of allylic oxidation sites excluding steroid dienone is 2. The summed E-state index contributed by atoms with van der Waals surface area (Å²) in [4.78, 5) is 42.0. The van der Waals surface area contributed by atoms with Crippen molar-refractivity contribution in [2.75, 3.05) is 13.2 Å². The third-order valence-electron chi connectivity index (χ3n) is 7.63. The van der Waals surface area contributed by atoms with Gasteiger partial charge in [0.15, 0.2) is 5.78 Å². The fraction of sp³-hybridized carbons (Fsp3) is 0.455. The van der Waals surface area contributed by atoms with Gasteiger partial charge in [0.25, 0.3) is 0 Å². The molecule has 2 aliphatic carbocycles. The van der Waals surface area contributed by atoms with Crippen LogP contribution in [0.2, 0.25) is 0 Å². The molecule has 41 heavy (non-hydrogen) atoms. The Morgan fingerprint density at radius 3 is 2.22 bits per heavy atom. The number of aliphatic imine (C=N–C) groups is 1. The van der Waals surface area contributed by atoms with Gasteiger partial charge in [-0.2, -0.15) is 0 Å². The molecule has 4 rings (SSSR count). The summed E-state index contributed by atoms with van der Waals surface area (Å²) in [6, 6.07) is 14.9. The number of nitrogens with zero attached hydrogens (tertiary/aromatic N) is 1. The molecule has 3 N–H and O–H groups in total. The van der Waals surface area contributed by atoms with E-state index >= 15 is 0 Å². The molecule has 0 aliphatic heterocycles. The van der Waals surface area contributed by atoms with Gasteiger partial charge >= 0.3 is 12.1 Å². The molecule has 8 heteroatoms. The monoisotopic (exact) mass is 560 g/mol. The number of hydrogen-bond acceptors (Lipinski definition) is 6. The average molecular weight is 561 g/mol. The first-order chi connectivity index (χ1) is 19.5. The number of aliphatic carboxylic acids is 1. The maximum Gasteiger partial charge on any atom is 0.407 e. The Balaban J connectivity index is 1.35. The molecule has 2 aromatic rings. The zero-order valence-corrected chi connectivity index (χ0v) is 24.3. The Morgan fingerprint density at radius 1 is 1.05 bits per heavy atom. The molecule has 2 aliphatic rings. The molecule has 8 nitrogen and oxygen atoms in total. The fourth-order valence-electron chi connectivity index (χ4n) is 5.80. The number of alkyl carbamates (subject to hydrolysis) is 1. The Morgan fingerprint density at radius 2 is 1.66 bits per heavy atom. The van der Waals surface area contributed by atoms with Crippen LogP contribution in [0.15, 0.2) is 64.9 Å². The van der Waals surface area contributed by atoms with Gasteiger partial charge in [0.2, 0.25) is 0 Å². The number of nitrogens with one attached hydrogen (secondary N) is 1. The van der Waals surface area contributed by atoms with Gasteiger partial charge in [0, 0.05) is 31.0 Å². The standard InChI is InChI=1S/C33H40N2O6/c1-20(2)16-27(30-28(36)17-33(3,4)18-29(30)37)34-15-9-14-26(31(38)39)35-32(40)41-19-25-23-12-7-5-10-21(23)22-11-6-8-13-24(22)25/h5-8,10-13,20,25-26,36H,9,14-19H2,1-4H3,(H,35,40)(H,38,39). The van der Waals surface area contributed by atoms with Crippen molar-refractivity contribution in [3.8, 4) is 11.1 Å². The number of ketones is 1. The summed E-state index contributed by atoms with van der Waals surface area (Å²) >= 11 is 0. The lowest BCUT2D eigenvalue weighted by atomic mass is 9.75. The number of Topliss-reactive ketones (excluding diaryl/α,β-unsaturated/α-hetero) is 1. The van der Waals surface area contributed by atoms with Crippen molar-refractivity contribution in [1.29, 1.82) is 0 Å². The number of fused-ring (bicyclic) bond motifs is 3. The van der Waals surface area contributed by atoms with Gasteiger partial charge in [0.1, 0.15) is 18.4 Å². The third kappa shape index (κ3) is 7.23. The van der Waals surface area contributed by atoms with Gasteiger partial charge in [-0.15, -0.1) is 0 Å². The van der Waals surface area contributed by atoms with Crippen LogP contribution in [0.1, 0.15) is 76.8 Å². The molecule has 1 amide bonds. The highest BCUT2D eigenvalue weighted by Gasteiger charge is 2.35. The number of amides is 1. The zero-order chi connectivity index (χ0) is 29.7. The van der Waals surface area contributed by atoms with Crippen molar-refractivity contribution in [3.05, 3.63) is 71.0 Å². The van der Waals surface area contributed by atoms with Gasteiger partial charge < -0.3 is 20.3 Å². The van der Waals surface area contributed by atoms with E-state index in [1.165, 1.54) is 0 Å². The van der Waals surface area contributed by atoms with E-state index in [-0.39, 0.29) is 48.4 Å². The van der Waals surface area contributed by atoms with Crippen LogP contribution in [0.3, 0.4) is 0 Å². The van der Waals surface area contributed by atoms with Gasteiger partial charge in [0.05, 0.1) is 5.57 Å². The van der Waals surface area contributed by atoms with Crippen LogP contribution in [0.5, 0.6) is 0 Å². The Bertz CT molecular complexity index is 1330. The number of hydrogen-bond donors (Lipinski definition) is 3. The topological polar surface area (TPSA) is 125 Å². The van der Waals surface area contributed by atoms with Crippen molar-refractivity contribution in [1.82, 2.24) is 5.32 Å². The molecule has 0 saturated carbocycles. The van der Waals surface area contributed by atoms with Crippen LogP contribution in [0.4, 0.5) is 4.79 Å². The molecule has 0 fully saturated rings. The summed E-state index contributed by atoms with van der Waals surface area (Å²) in [7, 11) is 0. The molecule has 1 unspecified atom stereocenters. The quantitative estimate of drug-likeness (QED) is 0.214. The van der Waals surface area contributed by atoms with Crippen LogP contribution >= 0.6 is 0 Å². The molecule has 0 aromatic heterocycles. The molecule has 2 aromatic carbocycles. The maximum absolute atomic E-state index is 12.9. The van der Waals surface area contributed by atoms with E-state index in [2.05, 4.69) is 10.3 Å². The van der Waals surface area contributed by atoms with Gasteiger partial charge in [-0.3, -0.25) is 9.79 Å². The van der Waals surface area contributed by atoms with Crippen molar-refractivity contribution in [2.24, 2.45) is 16.3 Å². The molecular weight excluding hydrogens is 520 g/mol. The highest BCUT2D eigenvalue weighted by molar-refractivity contribution is 6.23. The predicted octanol–water partition coefficient (Wildman–Crippen LogP) is 6.45. The Labute approximate surface area is 241 Å². The van der Waals surface area contributed by atoms with Crippen LogP contribution < -0.4 is 5.32 Å². The summed E-state index contributed by atoms with van der Waals surface area (Å²) in [5.74, 6) is -1.10. The lowest BCUT2D eigenvalue weighted by Gasteiger charge is -2.30. The highest BCUT2D eigenvalue weighted by Crippen LogP contribution is 2.44. The van der Waals surface area contributed by atoms with E-state index in [4.69, 9.17) is 4.74 Å². The number of carboxylic acid groups (broad SMARTS) is 1. The molecule has 0 spiro atoms. The molecule has 218 valence electrons. The first-order valence-electron chi connectivity index (χ1n) is 14.3. The molecular formula is C33H40N2O6. The van der Waals surface area contributed by atoms with E-state index < -0.39 is 18.1 Å². The van der Waals surface area contributed by atoms with E-state index in [0.717, 1.165) is 22.3 Å². The minimum atomic E-state index is -1.16. The molecule has 1 atom stereocenters. The minimum Gasteiger partial charge on any atom is -0.511 e. The lowest BCUT2D eigenvalue weighted by molar-refractivity contribution is -0.139. The van der Waals surface area contributed by atoms with Crippen molar-refractivity contribution in [2.45, 2.75) is 71.8 Å². The van der Waals surface area contributed by atoms with E-state index in [9.17, 15) is 24.6 Å². The summed E-state index contributed by atoms with van der Waals surface area (Å²) in [6.07, 6.45) is 1.02. The Kier molecular flexibility index (Phi) is 9.31. The van der Waals surface area contributed by atoms with E-state index in [1.807, 2.05) is 76.2 Å². The summed E-state index contributed by atoms with van der Waals surface area (Å²) in [5, 5.41) is 22.9. The highest BCUT2D eigenvalue weighted by atomic mass is 16.5. The number of carbonyl (C=O) groups excluding carboxylic acids is 2. The van der Waals surface area contributed by atoms with E-state index in [1.54, 1.807) is 0 Å². The van der Waals surface area contributed by atoms with Crippen molar-refractivity contribution < 1.29 is 29.3 Å². The second kappa shape index (κ2) is 12.7. The first kappa shape index (κ1) is 30.0. The minimum absolute atomic E-state index is 0.0750. The number of carbonyl (C=O) groups is 3. The number of rotatable bonds is 11. The maximum atomic E-state index is 12.9. The number of aliphatic hydroxyl groups excluding tert-OH is 1. The molecule has 0 heterocycles. The van der Waals surface area contributed by atoms with Crippen molar-refractivity contribution >= 4 is 23.6 Å². The van der Waals surface area contributed by atoms with Crippen LogP contribution in [0.25, 0.3) is 11.1 Å². The SMILES string of the molecule is CC(C)CC(=NCCCC(NC(=O)OCC1c2ccccc2-c2ccccc21)C(=O)O)C1=C(O)CC(C)(C)CC1=O. The zero-order valence-electron chi connectivity index (χ0n) is 24.3. The number of carboxylic acids is 1. The lowest BCUT2D eigenvalue weighted by Crippen LogP contribution is -2.41. The molecule has 0 bridgehead atoms. The van der Waals surface area contributed by atoms with Gasteiger partial charge in [-0.05, 0) is 52.8 Å². The van der Waals surface area contributed by atoms with Gasteiger partial charge in [-0.25, -0.2) is 9.59 Å². The van der Waals surface area contributed by atoms with Gasteiger partial charge in [-0.1, -0.05) is 76.2 Å². The fourth-order valence-corrected chi connectivity index (χ4v) is 5.80. The number of aliphatic hydroxyl groups is 1. The summed E-state index contributed by atoms with van der Waals surface area (Å²) in [6.45, 7) is 8.30. The molecule has 0 saturated heterocycles. The second-order valence-electron chi connectivity index (χ2n) is 12.2. The van der Waals surface area contributed by atoms with Crippen LogP contribution in [-0.4, -0.2) is 53.0 Å². The van der Waals surface area contributed by atoms with Crippen LogP contribution in [-0.2, 0) is 14.3 Å². The first-order valence-corrected chi connectivity index (χ1v) is 14.3. The summed E-state index contributed by atoms with van der Waals surface area (Å²) in [5.41, 5.74) is 4.95. The van der Waals surface area contributed by atoms with Crippen molar-refractivity contribution in [3.63, 3.8) is 0 Å². The molecule has 0 radical (unpaired) electrons. The normalized spacial score (nSPS) is 17.3. The smallest absolute Gasteiger partial charge is 0.407 e. The predicted molar refractivity (Wildman–Crippen MR) is 158 cm³/mol. The second-order valence-corrected chi connectivity index (χ2v) is 12.2. The van der Waals surface area contributed by atoms with Crippen LogP contribution in [0, 0.1) is 11.3 Å².